The zero-order valence-electron chi connectivity index (χ0n) is 9.81. The van der Waals surface area contributed by atoms with Gasteiger partial charge in [0, 0.05) is 17.3 Å². The first-order valence-electron chi connectivity index (χ1n) is 5.56. The molecule has 1 aromatic rings. The summed E-state index contributed by atoms with van der Waals surface area (Å²) in [5, 5.41) is 2.93. The minimum atomic E-state index is 0.0482. The highest BCUT2D eigenvalue weighted by Gasteiger charge is 2.09. The van der Waals surface area contributed by atoms with Gasteiger partial charge in [0.25, 0.3) is 5.91 Å². The lowest BCUT2D eigenvalue weighted by Crippen LogP contribution is -2.23. The molecule has 0 aliphatic rings. The number of amides is 1. The van der Waals surface area contributed by atoms with E-state index in [0.717, 1.165) is 30.7 Å². The molecule has 4 heteroatoms. The van der Waals surface area contributed by atoms with Crippen LogP contribution in [-0.4, -0.2) is 18.3 Å². The van der Waals surface area contributed by atoms with E-state index < -0.39 is 0 Å². The Labute approximate surface area is 106 Å². The lowest BCUT2D eigenvalue weighted by molar-refractivity contribution is 0.0957. The van der Waals surface area contributed by atoms with E-state index in [-0.39, 0.29) is 5.91 Å². The number of carbonyl (C=O) groups is 1. The minimum absolute atomic E-state index is 0.0482. The largest absolute Gasteiger partial charge is 0.351 e. The maximum Gasteiger partial charge on any atom is 0.261 e. The molecule has 16 heavy (non-hydrogen) atoms. The summed E-state index contributed by atoms with van der Waals surface area (Å²) in [7, 11) is 0. The molecule has 0 saturated heterocycles. The van der Waals surface area contributed by atoms with Gasteiger partial charge in [0.15, 0.2) is 0 Å². The lowest BCUT2D eigenvalue weighted by Gasteiger charge is -2.02. The SMILES string of the molecule is Cc1cc(C(=O)NCCCCCCl)sc1C. The van der Waals surface area contributed by atoms with Gasteiger partial charge in [-0.1, -0.05) is 6.42 Å². The molecule has 0 unspecified atom stereocenters. The summed E-state index contributed by atoms with van der Waals surface area (Å²) < 4.78 is 0. The van der Waals surface area contributed by atoms with Gasteiger partial charge < -0.3 is 5.32 Å². The molecule has 0 radical (unpaired) electrons. The van der Waals surface area contributed by atoms with Gasteiger partial charge in [-0.2, -0.15) is 0 Å². The van der Waals surface area contributed by atoms with Crippen LogP contribution in [0.3, 0.4) is 0 Å². The summed E-state index contributed by atoms with van der Waals surface area (Å²) in [6.45, 7) is 4.81. The number of thiophene rings is 1. The summed E-state index contributed by atoms with van der Waals surface area (Å²) in [6.07, 6.45) is 3.10. The number of carbonyl (C=O) groups excluding carboxylic acids is 1. The third-order valence-electron chi connectivity index (χ3n) is 2.49. The molecular formula is C12H18ClNOS. The Morgan fingerprint density at radius 2 is 2.12 bits per heavy atom. The third-order valence-corrected chi connectivity index (χ3v) is 3.90. The van der Waals surface area contributed by atoms with Crippen LogP contribution in [0.1, 0.15) is 39.4 Å². The first kappa shape index (κ1) is 13.5. The number of hydrogen-bond acceptors (Lipinski definition) is 2. The van der Waals surface area contributed by atoms with Crippen LogP contribution in [-0.2, 0) is 0 Å². The first-order chi connectivity index (χ1) is 7.65. The summed E-state index contributed by atoms with van der Waals surface area (Å²) in [5.41, 5.74) is 1.19. The fourth-order valence-electron chi connectivity index (χ4n) is 1.37. The molecule has 2 nitrogen and oxygen atoms in total. The van der Waals surface area contributed by atoms with E-state index >= 15 is 0 Å². The summed E-state index contributed by atoms with van der Waals surface area (Å²) in [5.74, 6) is 0.754. The second kappa shape index (κ2) is 6.92. The topological polar surface area (TPSA) is 29.1 Å². The maximum absolute atomic E-state index is 11.7. The molecule has 0 fully saturated rings. The quantitative estimate of drug-likeness (QED) is 0.615. The zero-order valence-corrected chi connectivity index (χ0v) is 11.4. The Kier molecular flexibility index (Phi) is 5.85. The number of nitrogens with one attached hydrogen (secondary N) is 1. The Bertz CT molecular complexity index is 329. The standard InChI is InChI=1S/C12H18ClNOS/c1-9-8-11(16-10(9)2)12(15)14-7-5-3-4-6-13/h8H,3-7H2,1-2H3,(H,14,15). The molecule has 0 bridgehead atoms. The molecule has 0 aliphatic heterocycles. The van der Waals surface area contributed by atoms with Gasteiger partial charge in [-0.3, -0.25) is 4.79 Å². The highest BCUT2D eigenvalue weighted by molar-refractivity contribution is 7.14. The van der Waals surface area contributed by atoms with E-state index in [1.165, 1.54) is 10.4 Å². The number of alkyl halides is 1. The van der Waals surface area contributed by atoms with Crippen molar-refractivity contribution in [3.63, 3.8) is 0 Å². The zero-order chi connectivity index (χ0) is 12.0. The smallest absolute Gasteiger partial charge is 0.261 e. The highest BCUT2D eigenvalue weighted by atomic mass is 35.5. The maximum atomic E-state index is 11.7. The molecule has 90 valence electrons. The monoisotopic (exact) mass is 259 g/mol. The lowest BCUT2D eigenvalue weighted by atomic mass is 10.2. The predicted molar refractivity (Wildman–Crippen MR) is 70.7 cm³/mol. The molecule has 1 N–H and O–H groups in total. The molecule has 0 atom stereocenters. The van der Waals surface area contributed by atoms with Gasteiger partial charge >= 0.3 is 0 Å². The van der Waals surface area contributed by atoms with Crippen molar-refractivity contribution in [2.45, 2.75) is 33.1 Å². The van der Waals surface area contributed by atoms with Crippen molar-refractivity contribution in [1.29, 1.82) is 0 Å². The molecule has 0 aliphatic carbocycles. The van der Waals surface area contributed by atoms with E-state index in [2.05, 4.69) is 5.32 Å². The van der Waals surface area contributed by atoms with Gasteiger partial charge in [-0.15, -0.1) is 22.9 Å². The number of aryl methyl sites for hydroxylation is 2. The Morgan fingerprint density at radius 1 is 1.38 bits per heavy atom. The van der Waals surface area contributed by atoms with Crippen LogP contribution in [0.2, 0.25) is 0 Å². The average molecular weight is 260 g/mol. The number of hydrogen-bond donors (Lipinski definition) is 1. The van der Waals surface area contributed by atoms with E-state index in [4.69, 9.17) is 11.6 Å². The van der Waals surface area contributed by atoms with Gasteiger partial charge in [0.1, 0.15) is 0 Å². The average Bonchev–Trinajstić information content (AvgIpc) is 2.59. The molecule has 0 saturated carbocycles. The van der Waals surface area contributed by atoms with Crippen molar-refractivity contribution in [2.24, 2.45) is 0 Å². The minimum Gasteiger partial charge on any atom is -0.351 e. The van der Waals surface area contributed by atoms with Crippen molar-refractivity contribution < 1.29 is 4.79 Å². The fourth-order valence-corrected chi connectivity index (χ4v) is 2.51. The second-order valence-corrected chi connectivity index (χ2v) is 5.49. The van der Waals surface area contributed by atoms with Crippen molar-refractivity contribution in [3.05, 3.63) is 21.4 Å². The molecule has 1 heterocycles. The van der Waals surface area contributed by atoms with Crippen LogP contribution < -0.4 is 5.32 Å². The molecule has 1 rings (SSSR count). The van der Waals surface area contributed by atoms with E-state index in [9.17, 15) is 4.79 Å². The molecular weight excluding hydrogens is 242 g/mol. The molecule has 0 spiro atoms. The van der Waals surface area contributed by atoms with Gasteiger partial charge in [0.2, 0.25) is 0 Å². The summed E-state index contributed by atoms with van der Waals surface area (Å²) >= 11 is 7.13. The fraction of sp³-hybridized carbons (Fsp3) is 0.583. The molecule has 1 aromatic heterocycles. The highest BCUT2D eigenvalue weighted by Crippen LogP contribution is 2.20. The number of rotatable bonds is 6. The van der Waals surface area contributed by atoms with Crippen LogP contribution in [0.4, 0.5) is 0 Å². The number of halogens is 1. The second-order valence-electron chi connectivity index (χ2n) is 3.86. The van der Waals surface area contributed by atoms with Crippen LogP contribution >= 0.6 is 22.9 Å². The van der Waals surface area contributed by atoms with Crippen LogP contribution in [0.5, 0.6) is 0 Å². The summed E-state index contributed by atoms with van der Waals surface area (Å²) in [4.78, 5) is 13.7. The predicted octanol–water partition coefficient (Wildman–Crippen LogP) is 3.50. The summed E-state index contributed by atoms with van der Waals surface area (Å²) in [6, 6.07) is 1.95. The van der Waals surface area contributed by atoms with Crippen molar-refractivity contribution >= 4 is 28.8 Å². The van der Waals surface area contributed by atoms with Crippen molar-refractivity contribution in [3.8, 4) is 0 Å². The van der Waals surface area contributed by atoms with Gasteiger partial charge in [-0.25, -0.2) is 0 Å². The van der Waals surface area contributed by atoms with Crippen LogP contribution in [0, 0.1) is 13.8 Å². The van der Waals surface area contributed by atoms with Crippen LogP contribution in [0.25, 0.3) is 0 Å². The van der Waals surface area contributed by atoms with E-state index in [0.29, 0.717) is 5.88 Å². The normalized spacial score (nSPS) is 10.4. The van der Waals surface area contributed by atoms with Gasteiger partial charge in [-0.05, 0) is 38.3 Å². The van der Waals surface area contributed by atoms with E-state index in [1.54, 1.807) is 11.3 Å². The Hall–Kier alpha value is -0.540. The molecule has 1 amide bonds. The third kappa shape index (κ3) is 4.14. The van der Waals surface area contributed by atoms with Gasteiger partial charge in [0.05, 0.1) is 4.88 Å². The van der Waals surface area contributed by atoms with Crippen LogP contribution in [0.15, 0.2) is 6.07 Å². The Balaban J connectivity index is 2.30. The number of unbranched alkanes of at least 4 members (excludes halogenated alkanes) is 2. The van der Waals surface area contributed by atoms with E-state index in [1.807, 2.05) is 19.9 Å². The Morgan fingerprint density at radius 3 is 2.69 bits per heavy atom. The molecule has 0 aromatic carbocycles. The van der Waals surface area contributed by atoms with Crippen molar-refractivity contribution in [1.82, 2.24) is 5.32 Å². The first-order valence-corrected chi connectivity index (χ1v) is 6.91. The van der Waals surface area contributed by atoms with Crippen molar-refractivity contribution in [2.75, 3.05) is 12.4 Å².